The van der Waals surface area contributed by atoms with Gasteiger partial charge < -0.3 is 14.8 Å². The first kappa shape index (κ1) is 17.7. The molecule has 0 atom stereocenters. The van der Waals surface area contributed by atoms with Crippen molar-refractivity contribution < 1.29 is 19.2 Å². The summed E-state index contributed by atoms with van der Waals surface area (Å²) in [4.78, 5) is 22.8. The molecular weight excluding hydrogens is 380 g/mol. The first-order chi connectivity index (χ1) is 11.5. The third-order valence-corrected chi connectivity index (χ3v) is 3.93. The fourth-order valence-corrected chi connectivity index (χ4v) is 2.67. The summed E-state index contributed by atoms with van der Waals surface area (Å²) in [6.45, 7) is 0.218. The van der Waals surface area contributed by atoms with Gasteiger partial charge in [-0.05, 0) is 45.8 Å². The maximum absolute atomic E-state index is 12.3. The van der Waals surface area contributed by atoms with E-state index in [1.54, 1.807) is 25.3 Å². The molecule has 126 valence electrons. The fourth-order valence-electron chi connectivity index (χ4n) is 2.08. The number of methoxy groups -OCH3 is 2. The summed E-state index contributed by atoms with van der Waals surface area (Å²) in [5.41, 5.74) is 0.498. The number of halogens is 1. The summed E-state index contributed by atoms with van der Waals surface area (Å²) in [7, 11) is 2.99. The Hall–Kier alpha value is -2.61. The smallest absolute Gasteiger partial charge is 0.282 e. The second-order valence-electron chi connectivity index (χ2n) is 4.79. The van der Waals surface area contributed by atoms with Crippen LogP contribution in [0.3, 0.4) is 0 Å². The molecule has 0 bridgehead atoms. The quantitative estimate of drug-likeness (QED) is 0.599. The fraction of sp³-hybridized carbons (Fsp3) is 0.188. The zero-order chi connectivity index (χ0) is 17.7. The van der Waals surface area contributed by atoms with E-state index in [-0.39, 0.29) is 17.8 Å². The van der Waals surface area contributed by atoms with Gasteiger partial charge in [-0.2, -0.15) is 0 Å². The van der Waals surface area contributed by atoms with Crippen molar-refractivity contribution in [3.8, 4) is 11.5 Å². The van der Waals surface area contributed by atoms with Crippen LogP contribution >= 0.6 is 15.9 Å². The number of nitro benzene ring substituents is 1. The molecule has 1 amide bonds. The van der Waals surface area contributed by atoms with E-state index in [4.69, 9.17) is 9.47 Å². The second-order valence-corrected chi connectivity index (χ2v) is 5.65. The molecule has 0 heterocycles. The number of rotatable bonds is 6. The molecule has 2 aromatic carbocycles. The van der Waals surface area contributed by atoms with Crippen LogP contribution in [0.5, 0.6) is 11.5 Å². The van der Waals surface area contributed by atoms with E-state index >= 15 is 0 Å². The molecule has 0 aliphatic carbocycles. The van der Waals surface area contributed by atoms with Gasteiger partial charge in [-0.3, -0.25) is 14.9 Å². The molecule has 1 N–H and O–H groups in total. The van der Waals surface area contributed by atoms with Crippen molar-refractivity contribution in [1.82, 2.24) is 5.32 Å². The first-order valence-electron chi connectivity index (χ1n) is 6.89. The molecule has 0 spiro atoms. The summed E-state index contributed by atoms with van der Waals surface area (Å²) in [5, 5.41) is 13.7. The van der Waals surface area contributed by atoms with Crippen LogP contribution in [0.15, 0.2) is 40.9 Å². The standard InChI is InChI=1S/C16H15BrN2O5/c1-23-11-4-5-14(19(21)22)12(8-11)16(20)18-9-10-3-6-15(24-2)13(17)7-10/h3-8H,9H2,1-2H3,(H,18,20). The van der Waals surface area contributed by atoms with E-state index in [0.29, 0.717) is 11.5 Å². The molecule has 0 unspecified atom stereocenters. The lowest BCUT2D eigenvalue weighted by molar-refractivity contribution is -0.385. The van der Waals surface area contributed by atoms with Crippen molar-refractivity contribution in [2.24, 2.45) is 0 Å². The van der Waals surface area contributed by atoms with E-state index in [1.165, 1.54) is 25.3 Å². The summed E-state index contributed by atoms with van der Waals surface area (Å²) >= 11 is 3.37. The molecule has 0 aliphatic rings. The highest BCUT2D eigenvalue weighted by atomic mass is 79.9. The number of benzene rings is 2. The Morgan fingerprint density at radius 1 is 1.21 bits per heavy atom. The highest BCUT2D eigenvalue weighted by Crippen LogP contribution is 2.26. The van der Waals surface area contributed by atoms with Crippen LogP contribution in [0.25, 0.3) is 0 Å². The number of hydrogen-bond acceptors (Lipinski definition) is 5. The SMILES string of the molecule is COc1ccc([N+](=O)[O-])c(C(=O)NCc2ccc(OC)c(Br)c2)c1. The molecule has 0 radical (unpaired) electrons. The minimum absolute atomic E-state index is 0.0491. The van der Waals surface area contributed by atoms with E-state index < -0.39 is 10.8 Å². The molecule has 7 nitrogen and oxygen atoms in total. The Morgan fingerprint density at radius 2 is 1.96 bits per heavy atom. The monoisotopic (exact) mass is 394 g/mol. The van der Waals surface area contributed by atoms with Crippen molar-refractivity contribution in [1.29, 1.82) is 0 Å². The lowest BCUT2D eigenvalue weighted by Crippen LogP contribution is -2.23. The van der Waals surface area contributed by atoms with Crippen molar-refractivity contribution >= 4 is 27.5 Å². The lowest BCUT2D eigenvalue weighted by Gasteiger charge is -2.09. The van der Waals surface area contributed by atoms with Crippen LogP contribution in [-0.2, 0) is 6.54 Å². The Kier molecular flexibility index (Phi) is 5.75. The molecule has 2 aromatic rings. The predicted octanol–water partition coefficient (Wildman–Crippen LogP) is 3.30. The van der Waals surface area contributed by atoms with Gasteiger partial charge in [0, 0.05) is 12.6 Å². The molecule has 0 saturated carbocycles. The highest BCUT2D eigenvalue weighted by Gasteiger charge is 2.21. The normalized spacial score (nSPS) is 10.1. The van der Waals surface area contributed by atoms with E-state index in [1.807, 2.05) is 0 Å². The Bertz CT molecular complexity index is 779. The maximum Gasteiger partial charge on any atom is 0.282 e. The highest BCUT2D eigenvalue weighted by molar-refractivity contribution is 9.10. The number of amides is 1. The third-order valence-electron chi connectivity index (χ3n) is 3.31. The molecule has 2 rings (SSSR count). The van der Waals surface area contributed by atoms with Crippen molar-refractivity contribution in [2.75, 3.05) is 14.2 Å². The van der Waals surface area contributed by atoms with Crippen LogP contribution in [0.2, 0.25) is 0 Å². The number of carbonyl (C=O) groups excluding carboxylic acids is 1. The first-order valence-corrected chi connectivity index (χ1v) is 7.68. The van der Waals surface area contributed by atoms with Crippen LogP contribution in [0, 0.1) is 10.1 Å². The average molecular weight is 395 g/mol. The van der Waals surface area contributed by atoms with E-state index in [2.05, 4.69) is 21.2 Å². The Balaban J connectivity index is 2.18. The minimum Gasteiger partial charge on any atom is -0.497 e. The van der Waals surface area contributed by atoms with Crippen LogP contribution in [0.1, 0.15) is 15.9 Å². The molecule has 0 aromatic heterocycles. The van der Waals surface area contributed by atoms with Crippen molar-refractivity contribution in [3.05, 3.63) is 62.1 Å². The lowest BCUT2D eigenvalue weighted by atomic mass is 10.1. The molecule has 0 saturated heterocycles. The van der Waals surface area contributed by atoms with Gasteiger partial charge >= 0.3 is 0 Å². The second kappa shape index (κ2) is 7.78. The Morgan fingerprint density at radius 3 is 2.54 bits per heavy atom. The largest absolute Gasteiger partial charge is 0.497 e. The summed E-state index contributed by atoms with van der Waals surface area (Å²) in [6, 6.07) is 9.40. The Labute approximate surface area is 146 Å². The summed E-state index contributed by atoms with van der Waals surface area (Å²) < 4.78 is 10.9. The van der Waals surface area contributed by atoms with Gasteiger partial charge in [-0.1, -0.05) is 6.07 Å². The van der Waals surface area contributed by atoms with Gasteiger partial charge in [0.2, 0.25) is 0 Å². The molecule has 0 fully saturated rings. The zero-order valence-corrected chi connectivity index (χ0v) is 14.6. The van der Waals surface area contributed by atoms with Gasteiger partial charge in [-0.15, -0.1) is 0 Å². The topological polar surface area (TPSA) is 90.7 Å². The van der Waals surface area contributed by atoms with Crippen LogP contribution in [-0.4, -0.2) is 25.1 Å². The number of ether oxygens (including phenoxy) is 2. The van der Waals surface area contributed by atoms with Crippen molar-refractivity contribution in [3.63, 3.8) is 0 Å². The van der Waals surface area contributed by atoms with Gasteiger partial charge in [-0.25, -0.2) is 0 Å². The van der Waals surface area contributed by atoms with E-state index in [0.717, 1.165) is 10.0 Å². The molecule has 8 heteroatoms. The maximum atomic E-state index is 12.3. The molecule has 24 heavy (non-hydrogen) atoms. The van der Waals surface area contributed by atoms with Gasteiger partial charge in [0.1, 0.15) is 17.1 Å². The number of nitrogens with zero attached hydrogens (tertiary/aromatic N) is 1. The third kappa shape index (κ3) is 4.02. The predicted molar refractivity (Wildman–Crippen MR) is 91.5 cm³/mol. The zero-order valence-electron chi connectivity index (χ0n) is 13.0. The van der Waals surface area contributed by atoms with Gasteiger partial charge in [0.25, 0.3) is 11.6 Å². The molecule has 0 aliphatic heterocycles. The van der Waals surface area contributed by atoms with E-state index in [9.17, 15) is 14.9 Å². The van der Waals surface area contributed by atoms with Crippen molar-refractivity contribution in [2.45, 2.75) is 6.54 Å². The van der Waals surface area contributed by atoms with Gasteiger partial charge in [0.05, 0.1) is 23.6 Å². The van der Waals surface area contributed by atoms with Crippen LogP contribution < -0.4 is 14.8 Å². The summed E-state index contributed by atoms with van der Waals surface area (Å²) in [5.74, 6) is 0.499. The van der Waals surface area contributed by atoms with Crippen LogP contribution in [0.4, 0.5) is 5.69 Å². The number of carbonyl (C=O) groups is 1. The molecular formula is C16H15BrN2O5. The minimum atomic E-state index is -0.599. The van der Waals surface area contributed by atoms with Gasteiger partial charge in [0.15, 0.2) is 0 Å². The summed E-state index contributed by atoms with van der Waals surface area (Å²) in [6.07, 6.45) is 0. The number of nitro groups is 1. The average Bonchev–Trinajstić information content (AvgIpc) is 2.59. The number of nitrogens with one attached hydrogen (secondary N) is 1. The number of hydrogen-bond donors (Lipinski definition) is 1.